The van der Waals surface area contributed by atoms with Gasteiger partial charge in [-0.15, -0.1) is 0 Å². The van der Waals surface area contributed by atoms with Gasteiger partial charge in [-0.2, -0.15) is 0 Å². The molecule has 1 fully saturated rings. The minimum absolute atomic E-state index is 0.0609. The summed E-state index contributed by atoms with van der Waals surface area (Å²) in [6.45, 7) is 9.62. The van der Waals surface area contributed by atoms with Crippen molar-refractivity contribution in [1.82, 2.24) is 4.90 Å². The van der Waals surface area contributed by atoms with Gasteiger partial charge in [0.05, 0.1) is 12.2 Å². The highest BCUT2D eigenvalue weighted by atomic mass is 16.7. The molecule has 1 aliphatic rings. The zero-order chi connectivity index (χ0) is 11.6. The predicted molar refractivity (Wildman–Crippen MR) is 61.8 cm³/mol. The van der Waals surface area contributed by atoms with Gasteiger partial charge in [-0.05, 0) is 25.9 Å². The number of ether oxygens (including phenoxy) is 2. The summed E-state index contributed by atoms with van der Waals surface area (Å²) in [5, 5.41) is 0. The first-order valence-corrected chi connectivity index (χ1v) is 5.80. The fraction of sp³-hybridized carbons (Fsp3) is 1.00. The Balaban J connectivity index is 2.59. The first-order chi connectivity index (χ1) is 6.84. The first-order valence-electron chi connectivity index (χ1n) is 5.80. The van der Waals surface area contributed by atoms with Gasteiger partial charge in [0, 0.05) is 6.54 Å². The van der Waals surface area contributed by atoms with Crippen molar-refractivity contribution in [2.75, 3.05) is 20.6 Å². The summed E-state index contributed by atoms with van der Waals surface area (Å²) in [6, 6.07) is 0. The average Bonchev–Trinajstić information content (AvgIpc) is 2.45. The third kappa shape index (κ3) is 3.44. The number of rotatable bonds is 3. The van der Waals surface area contributed by atoms with Gasteiger partial charge in [-0.1, -0.05) is 27.7 Å². The zero-order valence-electron chi connectivity index (χ0n) is 10.9. The number of nitrogens with zero attached hydrogens (tertiary/aromatic N) is 1. The van der Waals surface area contributed by atoms with Crippen LogP contribution in [0.1, 0.15) is 34.1 Å². The van der Waals surface area contributed by atoms with Gasteiger partial charge in [0.1, 0.15) is 0 Å². The molecule has 0 bridgehead atoms. The summed E-state index contributed by atoms with van der Waals surface area (Å²) in [6.07, 6.45) is 1.42. The second-order valence-electron chi connectivity index (χ2n) is 5.70. The molecular weight excluding hydrogens is 190 g/mol. The first kappa shape index (κ1) is 12.9. The highest BCUT2D eigenvalue weighted by molar-refractivity contribution is 4.86. The second-order valence-corrected chi connectivity index (χ2v) is 5.70. The van der Waals surface area contributed by atoms with E-state index in [-0.39, 0.29) is 23.9 Å². The Morgan fingerprint density at radius 3 is 2.07 bits per heavy atom. The van der Waals surface area contributed by atoms with Gasteiger partial charge >= 0.3 is 0 Å². The van der Waals surface area contributed by atoms with Crippen molar-refractivity contribution in [2.45, 2.75) is 52.6 Å². The molecule has 3 atom stereocenters. The second kappa shape index (κ2) is 4.81. The Kier molecular flexibility index (Phi) is 4.15. The molecule has 2 unspecified atom stereocenters. The molecule has 3 heteroatoms. The Labute approximate surface area is 93.7 Å². The maximum atomic E-state index is 5.98. The van der Waals surface area contributed by atoms with Crippen LogP contribution in [0.2, 0.25) is 0 Å². The van der Waals surface area contributed by atoms with E-state index >= 15 is 0 Å². The lowest BCUT2D eigenvalue weighted by Gasteiger charge is -2.29. The van der Waals surface area contributed by atoms with E-state index in [9.17, 15) is 0 Å². The Hall–Kier alpha value is -0.120. The maximum absolute atomic E-state index is 5.98. The summed E-state index contributed by atoms with van der Waals surface area (Å²) in [4.78, 5) is 2.10. The summed E-state index contributed by atoms with van der Waals surface area (Å²) in [7, 11) is 4.08. The molecule has 1 aliphatic heterocycles. The molecule has 3 nitrogen and oxygen atoms in total. The van der Waals surface area contributed by atoms with E-state index in [4.69, 9.17) is 9.47 Å². The molecule has 1 saturated heterocycles. The van der Waals surface area contributed by atoms with Crippen LogP contribution in [0.15, 0.2) is 0 Å². The highest BCUT2D eigenvalue weighted by Gasteiger charge is 2.41. The van der Waals surface area contributed by atoms with Crippen LogP contribution >= 0.6 is 0 Å². The summed E-state index contributed by atoms with van der Waals surface area (Å²) >= 11 is 0. The van der Waals surface area contributed by atoms with Crippen LogP contribution in [0.5, 0.6) is 0 Å². The summed E-state index contributed by atoms with van der Waals surface area (Å²) in [5.41, 5.74) is 0.155. The highest BCUT2D eigenvalue weighted by Crippen LogP contribution is 2.34. The monoisotopic (exact) mass is 215 g/mol. The molecule has 0 amide bonds. The van der Waals surface area contributed by atoms with Crippen LogP contribution in [0.3, 0.4) is 0 Å². The molecular formula is C12H25NO2. The Morgan fingerprint density at radius 1 is 1.13 bits per heavy atom. The molecule has 15 heavy (non-hydrogen) atoms. The van der Waals surface area contributed by atoms with Crippen molar-refractivity contribution in [3.8, 4) is 0 Å². The molecule has 0 aromatic heterocycles. The van der Waals surface area contributed by atoms with E-state index in [1.54, 1.807) is 0 Å². The molecule has 0 saturated carbocycles. The quantitative estimate of drug-likeness (QED) is 0.720. The maximum Gasteiger partial charge on any atom is 0.171 e. The molecule has 0 aliphatic carbocycles. The molecule has 1 rings (SSSR count). The largest absolute Gasteiger partial charge is 0.345 e. The Bertz CT molecular complexity index is 198. The van der Waals surface area contributed by atoms with E-state index in [0.717, 1.165) is 13.0 Å². The van der Waals surface area contributed by atoms with Crippen LogP contribution in [0.4, 0.5) is 0 Å². The predicted octanol–water partition coefficient (Wildman–Crippen LogP) is 2.11. The van der Waals surface area contributed by atoms with E-state index < -0.39 is 0 Å². The minimum Gasteiger partial charge on any atom is -0.345 e. The molecule has 90 valence electrons. The summed E-state index contributed by atoms with van der Waals surface area (Å²) in [5.74, 6) is 0. The molecule has 0 radical (unpaired) electrons. The van der Waals surface area contributed by atoms with Crippen LogP contribution in [0.25, 0.3) is 0 Å². The molecule has 1 heterocycles. The van der Waals surface area contributed by atoms with Crippen LogP contribution < -0.4 is 0 Å². The fourth-order valence-corrected chi connectivity index (χ4v) is 2.01. The molecule has 0 spiro atoms. The van der Waals surface area contributed by atoms with Gasteiger partial charge in [0.2, 0.25) is 0 Å². The number of hydrogen-bond donors (Lipinski definition) is 0. The average molecular weight is 215 g/mol. The van der Waals surface area contributed by atoms with Crippen LogP contribution in [-0.2, 0) is 9.47 Å². The lowest BCUT2D eigenvalue weighted by Crippen LogP contribution is -2.35. The zero-order valence-corrected chi connectivity index (χ0v) is 10.9. The van der Waals surface area contributed by atoms with Gasteiger partial charge in [0.15, 0.2) is 6.29 Å². The van der Waals surface area contributed by atoms with Gasteiger partial charge in [0.25, 0.3) is 0 Å². The smallest absolute Gasteiger partial charge is 0.171 e. The van der Waals surface area contributed by atoms with Gasteiger partial charge in [-0.3, -0.25) is 0 Å². The standard InChI is InChI=1S/C12H25NO2/c1-7-9-11(12(2,3)4)15-10(14-9)8-13(5)6/h9-11H,7-8H2,1-6H3/t9?,10-,11?/m1/s1. The van der Waals surface area contributed by atoms with Crippen molar-refractivity contribution in [1.29, 1.82) is 0 Å². The van der Waals surface area contributed by atoms with Gasteiger partial charge < -0.3 is 14.4 Å². The minimum atomic E-state index is -0.0609. The van der Waals surface area contributed by atoms with Crippen molar-refractivity contribution in [3.63, 3.8) is 0 Å². The summed E-state index contributed by atoms with van der Waals surface area (Å²) < 4.78 is 11.9. The lowest BCUT2D eigenvalue weighted by molar-refractivity contribution is -0.0884. The van der Waals surface area contributed by atoms with Crippen molar-refractivity contribution in [2.24, 2.45) is 5.41 Å². The van der Waals surface area contributed by atoms with E-state index in [1.165, 1.54) is 0 Å². The Morgan fingerprint density at radius 2 is 1.73 bits per heavy atom. The van der Waals surface area contributed by atoms with Crippen LogP contribution in [-0.4, -0.2) is 44.0 Å². The topological polar surface area (TPSA) is 21.7 Å². The van der Waals surface area contributed by atoms with Crippen molar-refractivity contribution in [3.05, 3.63) is 0 Å². The SMILES string of the molecule is CCC1O[C@@H](CN(C)C)OC1C(C)(C)C. The van der Waals surface area contributed by atoms with Crippen LogP contribution in [0, 0.1) is 5.41 Å². The lowest BCUT2D eigenvalue weighted by atomic mass is 9.85. The molecule has 0 aromatic carbocycles. The molecule has 0 aromatic rings. The van der Waals surface area contributed by atoms with Crippen molar-refractivity contribution < 1.29 is 9.47 Å². The van der Waals surface area contributed by atoms with E-state index in [1.807, 2.05) is 14.1 Å². The normalized spacial score (nSPS) is 32.6. The van der Waals surface area contributed by atoms with Crippen molar-refractivity contribution >= 4 is 0 Å². The van der Waals surface area contributed by atoms with E-state index in [0.29, 0.717) is 0 Å². The number of likely N-dealkylation sites (N-methyl/N-ethyl adjacent to an activating group) is 1. The third-order valence-corrected chi connectivity index (χ3v) is 2.73. The fourth-order valence-electron chi connectivity index (χ4n) is 2.01. The number of hydrogen-bond acceptors (Lipinski definition) is 3. The van der Waals surface area contributed by atoms with Gasteiger partial charge in [-0.25, -0.2) is 0 Å². The molecule has 0 N–H and O–H groups in total. The third-order valence-electron chi connectivity index (χ3n) is 2.73. The van der Waals surface area contributed by atoms with E-state index in [2.05, 4.69) is 32.6 Å².